The number of fused-ring (bicyclic) bond motifs is 1. The van der Waals surface area contributed by atoms with Gasteiger partial charge >= 0.3 is 6.18 Å². The number of amides is 1. The number of halogens is 4. The number of rotatable bonds is 6. The number of hydrogen-bond donors (Lipinski definition) is 2. The summed E-state index contributed by atoms with van der Waals surface area (Å²) in [4.78, 5) is 25.5. The van der Waals surface area contributed by atoms with E-state index in [2.05, 4.69) is 39.3 Å². The van der Waals surface area contributed by atoms with Crippen molar-refractivity contribution in [3.05, 3.63) is 58.9 Å². The number of nitrogens with one attached hydrogen (secondary N) is 2. The van der Waals surface area contributed by atoms with E-state index in [9.17, 15) is 18.0 Å². The van der Waals surface area contributed by atoms with Gasteiger partial charge in [0, 0.05) is 49.2 Å². The van der Waals surface area contributed by atoms with E-state index in [0.29, 0.717) is 49.5 Å². The lowest BCUT2D eigenvalue weighted by Crippen LogP contribution is -2.49. The maximum atomic E-state index is 13.8. The molecule has 40 heavy (non-hydrogen) atoms. The first-order valence-corrected chi connectivity index (χ1v) is 13.2. The standard InChI is InChI=1S/C27H28ClF3N6O3/c1-16(2)36-6-8-37(9-7-36)20-13-18(27(29,30)31)12-19(14-20)35-25(38)17-3-4-21(28)22(11-17)40-26-23-24(33-15-34-26)32-5-10-39-23/h3-4,11-16H,5-10H2,1-2H3,(H,35,38)(H,32,33,34). The van der Waals surface area contributed by atoms with E-state index in [-0.39, 0.29) is 27.9 Å². The third-order valence-electron chi connectivity index (χ3n) is 6.72. The first-order valence-electron chi connectivity index (χ1n) is 12.8. The van der Waals surface area contributed by atoms with Crippen molar-refractivity contribution < 1.29 is 27.4 Å². The Morgan fingerprint density at radius 3 is 2.62 bits per heavy atom. The number of nitrogens with zero attached hydrogens (tertiary/aromatic N) is 4. The molecule has 3 heterocycles. The van der Waals surface area contributed by atoms with Gasteiger partial charge in [-0.25, -0.2) is 4.98 Å². The van der Waals surface area contributed by atoms with Crippen LogP contribution >= 0.6 is 11.6 Å². The Labute approximate surface area is 234 Å². The van der Waals surface area contributed by atoms with Gasteiger partial charge in [-0.1, -0.05) is 11.6 Å². The van der Waals surface area contributed by atoms with Crippen molar-refractivity contribution in [2.24, 2.45) is 0 Å². The molecular weight excluding hydrogens is 549 g/mol. The van der Waals surface area contributed by atoms with Crippen LogP contribution in [-0.2, 0) is 6.18 Å². The average molecular weight is 577 g/mol. The number of aromatic nitrogens is 2. The number of piperazine rings is 1. The normalized spacial score (nSPS) is 15.7. The molecule has 0 spiro atoms. The van der Waals surface area contributed by atoms with Crippen LogP contribution in [0.4, 0.5) is 30.4 Å². The molecular formula is C27H28ClF3N6O3. The van der Waals surface area contributed by atoms with Crippen molar-refractivity contribution in [3.8, 4) is 17.4 Å². The Hall–Kier alpha value is -3.77. The number of ether oxygens (including phenoxy) is 2. The Morgan fingerprint density at radius 2 is 1.90 bits per heavy atom. The van der Waals surface area contributed by atoms with Crippen LogP contribution in [0.2, 0.25) is 5.02 Å². The lowest BCUT2D eigenvalue weighted by atomic mass is 10.1. The summed E-state index contributed by atoms with van der Waals surface area (Å²) in [6.07, 6.45) is -3.28. The number of carbonyl (C=O) groups is 1. The topological polar surface area (TPSA) is 91.9 Å². The van der Waals surface area contributed by atoms with Gasteiger partial charge in [0.1, 0.15) is 18.7 Å². The fraction of sp³-hybridized carbons (Fsp3) is 0.370. The Morgan fingerprint density at radius 1 is 1.12 bits per heavy atom. The quantitative estimate of drug-likeness (QED) is 0.396. The van der Waals surface area contributed by atoms with E-state index in [1.165, 1.54) is 24.5 Å². The van der Waals surface area contributed by atoms with Crippen molar-refractivity contribution in [2.75, 3.05) is 54.9 Å². The van der Waals surface area contributed by atoms with Crippen molar-refractivity contribution in [2.45, 2.75) is 26.1 Å². The highest BCUT2D eigenvalue weighted by molar-refractivity contribution is 6.32. The van der Waals surface area contributed by atoms with Crippen LogP contribution in [-0.4, -0.2) is 66.1 Å². The summed E-state index contributed by atoms with van der Waals surface area (Å²) in [5, 5.41) is 5.88. The summed E-state index contributed by atoms with van der Waals surface area (Å²) in [7, 11) is 0. The summed E-state index contributed by atoms with van der Waals surface area (Å²) >= 11 is 6.31. The third-order valence-corrected chi connectivity index (χ3v) is 7.04. The molecule has 9 nitrogen and oxygen atoms in total. The zero-order valence-corrected chi connectivity index (χ0v) is 22.6. The van der Waals surface area contributed by atoms with Crippen LogP contribution in [0, 0.1) is 0 Å². The highest BCUT2D eigenvalue weighted by Crippen LogP contribution is 2.39. The molecule has 3 aromatic rings. The fourth-order valence-corrected chi connectivity index (χ4v) is 4.72. The van der Waals surface area contributed by atoms with Crippen molar-refractivity contribution in [1.82, 2.24) is 14.9 Å². The Kier molecular flexibility index (Phi) is 7.90. The minimum atomic E-state index is -4.58. The molecule has 0 unspecified atom stereocenters. The van der Waals surface area contributed by atoms with Gasteiger partial charge in [0.15, 0.2) is 5.82 Å². The number of alkyl halides is 3. The monoisotopic (exact) mass is 576 g/mol. The minimum Gasteiger partial charge on any atom is -0.483 e. The van der Waals surface area contributed by atoms with Crippen LogP contribution in [0.5, 0.6) is 17.4 Å². The smallest absolute Gasteiger partial charge is 0.416 e. The van der Waals surface area contributed by atoms with Gasteiger partial charge in [-0.2, -0.15) is 18.2 Å². The Bertz CT molecular complexity index is 1400. The molecule has 1 aromatic heterocycles. The van der Waals surface area contributed by atoms with Crippen LogP contribution < -0.4 is 25.0 Å². The molecule has 212 valence electrons. The molecule has 1 saturated heterocycles. The van der Waals surface area contributed by atoms with Gasteiger partial charge in [-0.15, -0.1) is 0 Å². The maximum Gasteiger partial charge on any atom is 0.416 e. The number of carbonyl (C=O) groups excluding carboxylic acids is 1. The largest absolute Gasteiger partial charge is 0.483 e. The van der Waals surface area contributed by atoms with E-state index in [1.54, 1.807) is 6.07 Å². The van der Waals surface area contributed by atoms with Crippen molar-refractivity contribution >= 4 is 34.7 Å². The van der Waals surface area contributed by atoms with Gasteiger partial charge < -0.3 is 25.0 Å². The molecule has 0 saturated carbocycles. The fourth-order valence-electron chi connectivity index (χ4n) is 4.57. The van der Waals surface area contributed by atoms with Crippen LogP contribution in [0.25, 0.3) is 0 Å². The van der Waals surface area contributed by atoms with Crippen LogP contribution in [0.3, 0.4) is 0 Å². The molecule has 1 amide bonds. The van der Waals surface area contributed by atoms with E-state index < -0.39 is 17.6 Å². The molecule has 2 N–H and O–H groups in total. The second kappa shape index (κ2) is 11.4. The average Bonchev–Trinajstić information content (AvgIpc) is 2.93. The molecule has 0 radical (unpaired) electrons. The zero-order valence-electron chi connectivity index (χ0n) is 21.9. The molecule has 2 aromatic carbocycles. The van der Waals surface area contributed by atoms with Gasteiger partial charge in [0.05, 0.1) is 17.1 Å². The first kappa shape index (κ1) is 27.8. The molecule has 0 atom stereocenters. The number of anilines is 3. The van der Waals surface area contributed by atoms with Crippen molar-refractivity contribution in [1.29, 1.82) is 0 Å². The van der Waals surface area contributed by atoms with E-state index >= 15 is 0 Å². The highest BCUT2D eigenvalue weighted by Gasteiger charge is 2.32. The Balaban J connectivity index is 1.37. The molecule has 0 bridgehead atoms. The predicted molar refractivity (Wildman–Crippen MR) is 146 cm³/mol. The third kappa shape index (κ3) is 6.18. The molecule has 0 aliphatic carbocycles. The SMILES string of the molecule is CC(C)N1CCN(c2cc(NC(=O)c3ccc(Cl)c(Oc4ncnc5c4OCCN5)c3)cc(C(F)(F)F)c2)CC1. The summed E-state index contributed by atoms with van der Waals surface area (Å²) < 4.78 is 52.8. The summed E-state index contributed by atoms with van der Waals surface area (Å²) in [6, 6.07) is 8.27. The summed E-state index contributed by atoms with van der Waals surface area (Å²) in [5.74, 6) is 0.380. The van der Waals surface area contributed by atoms with E-state index in [0.717, 1.165) is 25.2 Å². The van der Waals surface area contributed by atoms with Gasteiger partial charge in [0.2, 0.25) is 5.75 Å². The van der Waals surface area contributed by atoms with Crippen molar-refractivity contribution in [3.63, 3.8) is 0 Å². The zero-order chi connectivity index (χ0) is 28.4. The molecule has 13 heteroatoms. The number of benzene rings is 2. The molecule has 5 rings (SSSR count). The lowest BCUT2D eigenvalue weighted by molar-refractivity contribution is -0.137. The van der Waals surface area contributed by atoms with Gasteiger partial charge in [0.25, 0.3) is 11.8 Å². The second-order valence-corrected chi connectivity index (χ2v) is 10.1. The molecule has 2 aliphatic heterocycles. The van der Waals surface area contributed by atoms with Gasteiger partial charge in [-0.3, -0.25) is 9.69 Å². The predicted octanol–water partition coefficient (Wildman–Crippen LogP) is 5.53. The van der Waals surface area contributed by atoms with E-state index in [1.807, 2.05) is 4.90 Å². The maximum absolute atomic E-state index is 13.8. The summed E-state index contributed by atoms with van der Waals surface area (Å²) in [5.41, 5.74) is -0.279. The minimum absolute atomic E-state index is 0.0304. The first-order chi connectivity index (χ1) is 19.1. The lowest BCUT2D eigenvalue weighted by Gasteiger charge is -2.38. The number of hydrogen-bond acceptors (Lipinski definition) is 8. The summed E-state index contributed by atoms with van der Waals surface area (Å²) in [6.45, 7) is 7.78. The highest BCUT2D eigenvalue weighted by atomic mass is 35.5. The molecule has 1 fully saturated rings. The molecule has 2 aliphatic rings. The van der Waals surface area contributed by atoms with Crippen LogP contribution in [0.1, 0.15) is 29.8 Å². The second-order valence-electron chi connectivity index (χ2n) is 9.72. The van der Waals surface area contributed by atoms with Crippen LogP contribution in [0.15, 0.2) is 42.7 Å². The van der Waals surface area contributed by atoms with E-state index in [4.69, 9.17) is 21.1 Å². The van der Waals surface area contributed by atoms with Gasteiger partial charge in [-0.05, 0) is 50.2 Å².